The summed E-state index contributed by atoms with van der Waals surface area (Å²) in [4.78, 5) is 10.1. The summed E-state index contributed by atoms with van der Waals surface area (Å²) < 4.78 is 5.52. The van der Waals surface area contributed by atoms with E-state index in [2.05, 4.69) is 28.1 Å². The Morgan fingerprint density at radius 2 is 2.00 bits per heavy atom. The maximum atomic E-state index is 6.30. The maximum absolute atomic E-state index is 6.30. The molecule has 0 bridgehead atoms. The number of thiazole rings is 1. The topological polar surface area (TPSA) is 28.6 Å². The predicted molar refractivity (Wildman–Crippen MR) is 102 cm³/mol. The fourth-order valence-electron chi connectivity index (χ4n) is 3.22. The van der Waals surface area contributed by atoms with Crippen LogP contribution in [0.3, 0.4) is 0 Å². The van der Waals surface area contributed by atoms with Gasteiger partial charge in [-0.25, -0.2) is 4.98 Å². The van der Waals surface area contributed by atoms with E-state index in [9.17, 15) is 0 Å². The molecule has 2 aromatic rings. The Morgan fingerprint density at radius 3 is 2.62 bits per heavy atom. The SMILES string of the molecule is COc1ccccc1C1CCN(Cc2sc(N(C)C)nc2Cl)CC1. The lowest BCUT2D eigenvalue weighted by Gasteiger charge is -2.32. The number of halogens is 1. The zero-order chi connectivity index (χ0) is 17.1. The number of anilines is 1. The third-order valence-electron chi connectivity index (χ3n) is 4.55. The molecule has 0 spiro atoms. The molecule has 1 fully saturated rings. The molecule has 0 saturated carbocycles. The number of aromatic nitrogens is 1. The zero-order valence-electron chi connectivity index (χ0n) is 14.5. The molecule has 0 atom stereocenters. The summed E-state index contributed by atoms with van der Waals surface area (Å²) in [6, 6.07) is 8.39. The third-order valence-corrected chi connectivity index (χ3v) is 6.19. The Kier molecular flexibility index (Phi) is 5.64. The Hall–Kier alpha value is -1.30. The molecule has 3 rings (SSSR count). The van der Waals surface area contributed by atoms with E-state index in [4.69, 9.17) is 16.3 Å². The molecule has 1 saturated heterocycles. The number of hydrogen-bond acceptors (Lipinski definition) is 5. The molecular formula is C18H24ClN3OS. The highest BCUT2D eigenvalue weighted by Crippen LogP contribution is 2.35. The molecule has 0 amide bonds. The van der Waals surface area contributed by atoms with E-state index in [1.165, 1.54) is 5.56 Å². The standard InChI is InChI=1S/C18H24ClN3OS/c1-21(2)18-20-17(19)16(24-18)12-22-10-8-13(9-11-22)14-6-4-5-7-15(14)23-3/h4-7,13H,8-12H2,1-3H3. The molecule has 0 unspecified atom stereocenters. The van der Waals surface area contributed by atoms with Crippen LogP contribution in [-0.2, 0) is 6.54 Å². The highest BCUT2D eigenvalue weighted by molar-refractivity contribution is 7.16. The van der Waals surface area contributed by atoms with Crippen molar-refractivity contribution in [1.29, 1.82) is 0 Å². The van der Waals surface area contributed by atoms with Crippen molar-refractivity contribution in [3.05, 3.63) is 39.9 Å². The molecular weight excluding hydrogens is 342 g/mol. The quantitative estimate of drug-likeness (QED) is 0.791. The van der Waals surface area contributed by atoms with Gasteiger partial charge in [0.25, 0.3) is 0 Å². The summed E-state index contributed by atoms with van der Waals surface area (Å²) in [5.74, 6) is 1.59. The van der Waals surface area contributed by atoms with Crippen LogP contribution < -0.4 is 9.64 Å². The lowest BCUT2D eigenvalue weighted by molar-refractivity contribution is 0.204. The number of nitrogens with zero attached hydrogens (tertiary/aromatic N) is 3. The van der Waals surface area contributed by atoms with Gasteiger partial charge in [-0.05, 0) is 43.5 Å². The minimum absolute atomic E-state index is 0.576. The molecule has 2 heterocycles. The number of ether oxygens (including phenoxy) is 1. The first-order chi connectivity index (χ1) is 11.6. The van der Waals surface area contributed by atoms with Gasteiger partial charge in [-0.1, -0.05) is 41.1 Å². The van der Waals surface area contributed by atoms with E-state index >= 15 is 0 Å². The summed E-state index contributed by atoms with van der Waals surface area (Å²) >= 11 is 7.99. The average molecular weight is 366 g/mol. The summed E-state index contributed by atoms with van der Waals surface area (Å²) in [6.07, 6.45) is 2.30. The van der Waals surface area contributed by atoms with Gasteiger partial charge >= 0.3 is 0 Å². The van der Waals surface area contributed by atoms with Crippen LogP contribution in [0.4, 0.5) is 5.13 Å². The fraction of sp³-hybridized carbons (Fsp3) is 0.500. The Labute approximate surface area is 153 Å². The van der Waals surface area contributed by atoms with E-state index in [1.807, 2.05) is 25.1 Å². The number of methoxy groups -OCH3 is 1. The van der Waals surface area contributed by atoms with Gasteiger partial charge < -0.3 is 9.64 Å². The molecule has 0 radical (unpaired) electrons. The molecule has 6 heteroatoms. The lowest BCUT2D eigenvalue weighted by Crippen LogP contribution is -2.32. The zero-order valence-corrected chi connectivity index (χ0v) is 16.0. The smallest absolute Gasteiger partial charge is 0.186 e. The largest absolute Gasteiger partial charge is 0.496 e. The molecule has 0 aliphatic carbocycles. The van der Waals surface area contributed by atoms with Gasteiger partial charge in [0.1, 0.15) is 10.9 Å². The van der Waals surface area contributed by atoms with Gasteiger partial charge in [0, 0.05) is 20.6 Å². The summed E-state index contributed by atoms with van der Waals surface area (Å²) in [6.45, 7) is 3.05. The predicted octanol–water partition coefficient (Wildman–Crippen LogP) is 4.25. The van der Waals surface area contributed by atoms with Gasteiger partial charge in [-0.3, -0.25) is 4.90 Å². The second kappa shape index (κ2) is 7.72. The van der Waals surface area contributed by atoms with Gasteiger partial charge in [0.15, 0.2) is 5.13 Å². The molecule has 1 aromatic heterocycles. The van der Waals surface area contributed by atoms with E-state index in [-0.39, 0.29) is 0 Å². The number of rotatable bonds is 5. The van der Waals surface area contributed by atoms with Crippen molar-refractivity contribution in [3.8, 4) is 5.75 Å². The van der Waals surface area contributed by atoms with Gasteiger partial charge in [0.05, 0.1) is 12.0 Å². The van der Waals surface area contributed by atoms with Crippen molar-refractivity contribution in [2.75, 3.05) is 39.2 Å². The van der Waals surface area contributed by atoms with Crippen LogP contribution in [-0.4, -0.2) is 44.2 Å². The van der Waals surface area contributed by atoms with E-state index in [1.54, 1.807) is 18.4 Å². The number of hydrogen-bond donors (Lipinski definition) is 0. The van der Waals surface area contributed by atoms with E-state index in [0.29, 0.717) is 11.1 Å². The van der Waals surface area contributed by atoms with E-state index in [0.717, 1.165) is 48.2 Å². The van der Waals surface area contributed by atoms with Crippen LogP contribution in [0, 0.1) is 0 Å². The van der Waals surface area contributed by atoms with Crippen LogP contribution in [0.15, 0.2) is 24.3 Å². The Bertz CT molecular complexity index is 681. The molecule has 1 aromatic carbocycles. The highest BCUT2D eigenvalue weighted by atomic mass is 35.5. The van der Waals surface area contributed by atoms with Crippen molar-refractivity contribution in [2.45, 2.75) is 25.3 Å². The fourth-order valence-corrected chi connectivity index (χ4v) is 4.44. The first-order valence-electron chi connectivity index (χ1n) is 8.26. The number of benzene rings is 1. The van der Waals surface area contributed by atoms with Crippen LogP contribution in [0.5, 0.6) is 5.75 Å². The van der Waals surface area contributed by atoms with Crippen molar-refractivity contribution >= 4 is 28.1 Å². The normalized spacial score (nSPS) is 16.3. The van der Waals surface area contributed by atoms with Gasteiger partial charge in [-0.15, -0.1) is 0 Å². The molecule has 1 aliphatic rings. The lowest BCUT2D eigenvalue weighted by atomic mass is 9.89. The van der Waals surface area contributed by atoms with Gasteiger partial charge in [0.2, 0.25) is 0 Å². The van der Waals surface area contributed by atoms with Crippen molar-refractivity contribution in [2.24, 2.45) is 0 Å². The summed E-state index contributed by atoms with van der Waals surface area (Å²) in [5.41, 5.74) is 1.34. The third kappa shape index (κ3) is 3.85. The number of para-hydroxylation sites is 1. The summed E-state index contributed by atoms with van der Waals surface area (Å²) in [7, 11) is 5.75. The maximum Gasteiger partial charge on any atom is 0.186 e. The number of piperidine rings is 1. The Balaban J connectivity index is 1.61. The van der Waals surface area contributed by atoms with Gasteiger partial charge in [-0.2, -0.15) is 0 Å². The van der Waals surface area contributed by atoms with Crippen molar-refractivity contribution < 1.29 is 4.74 Å². The van der Waals surface area contributed by atoms with Crippen molar-refractivity contribution in [3.63, 3.8) is 0 Å². The highest BCUT2D eigenvalue weighted by Gasteiger charge is 2.24. The van der Waals surface area contributed by atoms with Crippen LogP contribution in [0.1, 0.15) is 29.2 Å². The molecule has 4 nitrogen and oxygen atoms in total. The minimum atomic E-state index is 0.576. The first-order valence-corrected chi connectivity index (χ1v) is 9.45. The minimum Gasteiger partial charge on any atom is -0.496 e. The average Bonchev–Trinajstić information content (AvgIpc) is 2.97. The molecule has 0 N–H and O–H groups in total. The number of likely N-dealkylation sites (tertiary alicyclic amines) is 1. The summed E-state index contributed by atoms with van der Waals surface area (Å²) in [5, 5.41) is 1.62. The van der Waals surface area contributed by atoms with Crippen LogP contribution in [0.25, 0.3) is 0 Å². The molecule has 130 valence electrons. The monoisotopic (exact) mass is 365 g/mol. The first kappa shape index (κ1) is 17.5. The van der Waals surface area contributed by atoms with Crippen molar-refractivity contribution in [1.82, 2.24) is 9.88 Å². The van der Waals surface area contributed by atoms with Crippen LogP contribution >= 0.6 is 22.9 Å². The molecule has 1 aliphatic heterocycles. The van der Waals surface area contributed by atoms with Crippen LogP contribution in [0.2, 0.25) is 5.15 Å². The second-order valence-electron chi connectivity index (χ2n) is 6.40. The second-order valence-corrected chi connectivity index (χ2v) is 7.82. The molecule has 24 heavy (non-hydrogen) atoms. The van der Waals surface area contributed by atoms with E-state index < -0.39 is 0 Å². The Morgan fingerprint density at radius 1 is 1.29 bits per heavy atom.